The van der Waals surface area contributed by atoms with Crippen molar-refractivity contribution in [3.8, 4) is 0 Å². The molecule has 0 aromatic carbocycles. The van der Waals surface area contributed by atoms with E-state index >= 15 is 0 Å². The highest BCUT2D eigenvalue weighted by molar-refractivity contribution is 5.92. The standard InChI is InChI=1S/C16H22N6O2/c1-3-22-7-5-14(19-22)16(24)17-9-12-4-6-21(11-12)13-8-15(23)20(2)18-10-13/h5,7-8,10,12H,3-4,6,9,11H2,1-2H3,(H,17,24). The minimum atomic E-state index is -0.143. The van der Waals surface area contributed by atoms with E-state index in [1.165, 1.54) is 4.68 Å². The van der Waals surface area contributed by atoms with Crippen LogP contribution in [0, 0.1) is 5.92 Å². The first-order valence-electron chi connectivity index (χ1n) is 8.16. The van der Waals surface area contributed by atoms with Crippen molar-refractivity contribution in [2.75, 3.05) is 24.5 Å². The summed E-state index contributed by atoms with van der Waals surface area (Å²) in [7, 11) is 1.63. The molecular formula is C16H22N6O2. The van der Waals surface area contributed by atoms with Crippen LogP contribution in [-0.2, 0) is 13.6 Å². The summed E-state index contributed by atoms with van der Waals surface area (Å²) < 4.78 is 3.04. The molecule has 1 amide bonds. The number of carbonyl (C=O) groups is 1. The van der Waals surface area contributed by atoms with Gasteiger partial charge < -0.3 is 10.2 Å². The van der Waals surface area contributed by atoms with Crippen LogP contribution in [0.3, 0.4) is 0 Å². The maximum atomic E-state index is 12.1. The van der Waals surface area contributed by atoms with E-state index in [4.69, 9.17) is 0 Å². The molecule has 0 aliphatic carbocycles. The first-order chi connectivity index (χ1) is 11.6. The predicted molar refractivity (Wildman–Crippen MR) is 90.0 cm³/mol. The topological polar surface area (TPSA) is 85.0 Å². The number of rotatable bonds is 5. The predicted octanol–water partition coefficient (Wildman–Crippen LogP) is 0.253. The maximum Gasteiger partial charge on any atom is 0.271 e. The molecular weight excluding hydrogens is 308 g/mol. The molecule has 0 saturated carbocycles. The fourth-order valence-electron chi connectivity index (χ4n) is 2.85. The summed E-state index contributed by atoms with van der Waals surface area (Å²) in [5, 5.41) is 11.2. The SMILES string of the molecule is CCn1ccc(C(=O)NCC2CCN(c3cnn(C)c(=O)c3)C2)n1. The van der Waals surface area contributed by atoms with Crippen molar-refractivity contribution in [1.29, 1.82) is 0 Å². The molecule has 3 heterocycles. The first-order valence-corrected chi connectivity index (χ1v) is 8.16. The van der Waals surface area contributed by atoms with E-state index in [0.29, 0.717) is 18.2 Å². The van der Waals surface area contributed by atoms with Crippen molar-refractivity contribution in [2.45, 2.75) is 19.9 Å². The number of amides is 1. The van der Waals surface area contributed by atoms with E-state index < -0.39 is 0 Å². The number of anilines is 1. The summed E-state index contributed by atoms with van der Waals surface area (Å²) in [5.74, 6) is 0.210. The summed E-state index contributed by atoms with van der Waals surface area (Å²) in [6.45, 7) is 4.99. The van der Waals surface area contributed by atoms with Gasteiger partial charge in [0.1, 0.15) is 5.69 Å². The molecule has 1 fully saturated rings. The van der Waals surface area contributed by atoms with Crippen LogP contribution < -0.4 is 15.8 Å². The highest BCUT2D eigenvalue weighted by atomic mass is 16.2. The lowest BCUT2D eigenvalue weighted by Crippen LogP contribution is -2.31. The van der Waals surface area contributed by atoms with E-state index in [9.17, 15) is 9.59 Å². The van der Waals surface area contributed by atoms with Crippen molar-refractivity contribution in [2.24, 2.45) is 13.0 Å². The Morgan fingerprint density at radius 3 is 3.00 bits per heavy atom. The second-order valence-electron chi connectivity index (χ2n) is 6.04. The average molecular weight is 330 g/mol. The first kappa shape index (κ1) is 16.2. The third kappa shape index (κ3) is 3.47. The Bertz CT molecular complexity index is 781. The molecule has 1 aliphatic heterocycles. The quantitative estimate of drug-likeness (QED) is 0.850. The van der Waals surface area contributed by atoms with Gasteiger partial charge in [0.25, 0.3) is 11.5 Å². The normalized spacial score (nSPS) is 17.2. The number of hydrogen-bond acceptors (Lipinski definition) is 5. The third-order valence-electron chi connectivity index (χ3n) is 4.35. The average Bonchev–Trinajstić information content (AvgIpc) is 3.24. The van der Waals surface area contributed by atoms with Crippen LogP contribution in [-0.4, -0.2) is 45.1 Å². The lowest BCUT2D eigenvalue weighted by Gasteiger charge is -2.18. The third-order valence-corrected chi connectivity index (χ3v) is 4.35. The van der Waals surface area contributed by atoms with Crippen LogP contribution in [0.4, 0.5) is 5.69 Å². The summed E-state index contributed by atoms with van der Waals surface area (Å²) >= 11 is 0. The summed E-state index contributed by atoms with van der Waals surface area (Å²) in [6.07, 6.45) is 4.48. The van der Waals surface area contributed by atoms with Crippen LogP contribution in [0.15, 0.2) is 29.3 Å². The molecule has 1 N–H and O–H groups in total. The number of aromatic nitrogens is 4. The molecule has 2 aromatic rings. The summed E-state index contributed by atoms with van der Waals surface area (Å²) in [4.78, 5) is 25.9. The molecule has 2 aromatic heterocycles. The summed E-state index contributed by atoms with van der Waals surface area (Å²) in [5.41, 5.74) is 1.17. The number of nitrogens with one attached hydrogen (secondary N) is 1. The molecule has 1 aliphatic rings. The van der Waals surface area contributed by atoms with Gasteiger partial charge in [-0.05, 0) is 25.3 Å². The molecule has 3 rings (SSSR count). The summed E-state index contributed by atoms with van der Waals surface area (Å²) in [6, 6.07) is 3.33. The monoisotopic (exact) mass is 330 g/mol. The molecule has 1 saturated heterocycles. The molecule has 0 radical (unpaired) electrons. The number of aryl methyl sites for hydroxylation is 2. The molecule has 1 atom stereocenters. The van der Waals surface area contributed by atoms with Gasteiger partial charge in [-0.15, -0.1) is 0 Å². The van der Waals surface area contributed by atoms with Gasteiger partial charge in [-0.2, -0.15) is 10.2 Å². The molecule has 128 valence electrons. The number of carbonyl (C=O) groups excluding carboxylic acids is 1. The number of hydrogen-bond donors (Lipinski definition) is 1. The van der Waals surface area contributed by atoms with Crippen LogP contribution in [0.1, 0.15) is 23.8 Å². The van der Waals surface area contributed by atoms with Crippen LogP contribution >= 0.6 is 0 Å². The molecule has 8 nitrogen and oxygen atoms in total. The van der Waals surface area contributed by atoms with E-state index in [-0.39, 0.29) is 11.5 Å². The van der Waals surface area contributed by atoms with Gasteiger partial charge in [0, 0.05) is 45.5 Å². The van der Waals surface area contributed by atoms with Crippen molar-refractivity contribution >= 4 is 11.6 Å². The Hall–Kier alpha value is -2.64. The molecule has 8 heteroatoms. The van der Waals surface area contributed by atoms with Crippen molar-refractivity contribution in [3.63, 3.8) is 0 Å². The highest BCUT2D eigenvalue weighted by Crippen LogP contribution is 2.21. The zero-order valence-electron chi connectivity index (χ0n) is 14.0. The second kappa shape index (κ2) is 6.86. The Morgan fingerprint density at radius 2 is 2.29 bits per heavy atom. The minimum absolute atomic E-state index is 0.115. The highest BCUT2D eigenvalue weighted by Gasteiger charge is 2.24. The van der Waals surface area contributed by atoms with E-state index in [2.05, 4.69) is 20.4 Å². The van der Waals surface area contributed by atoms with Gasteiger partial charge >= 0.3 is 0 Å². The van der Waals surface area contributed by atoms with Crippen LogP contribution in [0.2, 0.25) is 0 Å². The fraction of sp³-hybridized carbons (Fsp3) is 0.500. The van der Waals surface area contributed by atoms with Gasteiger partial charge in [0.2, 0.25) is 0 Å². The molecule has 0 spiro atoms. The molecule has 0 bridgehead atoms. The fourth-order valence-corrected chi connectivity index (χ4v) is 2.85. The zero-order chi connectivity index (χ0) is 17.1. The van der Waals surface area contributed by atoms with Gasteiger partial charge in [0.05, 0.1) is 11.9 Å². The lowest BCUT2D eigenvalue weighted by atomic mass is 10.1. The molecule has 1 unspecified atom stereocenters. The van der Waals surface area contributed by atoms with Gasteiger partial charge in [-0.1, -0.05) is 0 Å². The Labute approximate surface area is 140 Å². The number of nitrogens with zero attached hydrogens (tertiary/aromatic N) is 5. The molecule has 24 heavy (non-hydrogen) atoms. The second-order valence-corrected chi connectivity index (χ2v) is 6.04. The minimum Gasteiger partial charge on any atom is -0.370 e. The maximum absolute atomic E-state index is 12.1. The largest absolute Gasteiger partial charge is 0.370 e. The Morgan fingerprint density at radius 1 is 1.46 bits per heavy atom. The van der Waals surface area contributed by atoms with Crippen molar-refractivity contribution in [3.05, 3.63) is 40.6 Å². The lowest BCUT2D eigenvalue weighted by molar-refractivity contribution is 0.0942. The van der Waals surface area contributed by atoms with Crippen molar-refractivity contribution < 1.29 is 4.79 Å². The zero-order valence-corrected chi connectivity index (χ0v) is 14.0. The Balaban J connectivity index is 1.53. The van der Waals surface area contributed by atoms with Crippen LogP contribution in [0.5, 0.6) is 0 Å². The van der Waals surface area contributed by atoms with Crippen LogP contribution in [0.25, 0.3) is 0 Å². The smallest absolute Gasteiger partial charge is 0.271 e. The Kier molecular flexibility index (Phi) is 4.64. The van der Waals surface area contributed by atoms with E-state index in [1.54, 1.807) is 36.3 Å². The van der Waals surface area contributed by atoms with Gasteiger partial charge in [0.15, 0.2) is 0 Å². The van der Waals surface area contributed by atoms with E-state index in [0.717, 1.165) is 31.7 Å². The van der Waals surface area contributed by atoms with Gasteiger partial charge in [-0.3, -0.25) is 14.3 Å². The van der Waals surface area contributed by atoms with Crippen molar-refractivity contribution in [1.82, 2.24) is 24.9 Å². The van der Waals surface area contributed by atoms with E-state index in [1.807, 2.05) is 6.92 Å². The van der Waals surface area contributed by atoms with Gasteiger partial charge in [-0.25, -0.2) is 4.68 Å².